The summed E-state index contributed by atoms with van der Waals surface area (Å²) >= 11 is 0. The van der Waals surface area contributed by atoms with E-state index in [1.54, 1.807) is 20.3 Å². The molecule has 1 amide bonds. The molecular weight excluding hydrogens is 272 g/mol. The van der Waals surface area contributed by atoms with E-state index in [0.717, 1.165) is 11.3 Å². The molecule has 2 N–H and O–H groups in total. The molecule has 1 saturated heterocycles. The van der Waals surface area contributed by atoms with Gasteiger partial charge >= 0.3 is 0 Å². The molecular formula is C15H22N2O4. The van der Waals surface area contributed by atoms with E-state index >= 15 is 0 Å². The van der Waals surface area contributed by atoms with Crippen molar-refractivity contribution in [3.8, 4) is 11.5 Å². The molecule has 0 radical (unpaired) electrons. The van der Waals surface area contributed by atoms with Gasteiger partial charge in [0.25, 0.3) is 0 Å². The minimum atomic E-state index is -0.301. The largest absolute Gasteiger partial charge is 0.497 e. The molecule has 6 heteroatoms. The summed E-state index contributed by atoms with van der Waals surface area (Å²) in [5.41, 5.74) is 0.906. The van der Waals surface area contributed by atoms with Crippen LogP contribution in [0.4, 0.5) is 0 Å². The van der Waals surface area contributed by atoms with Gasteiger partial charge in [-0.2, -0.15) is 0 Å². The Balaban J connectivity index is 2.05. The lowest BCUT2D eigenvalue weighted by molar-refractivity contribution is -0.126. The van der Waals surface area contributed by atoms with Crippen molar-refractivity contribution in [2.24, 2.45) is 0 Å². The van der Waals surface area contributed by atoms with Gasteiger partial charge in [0.15, 0.2) is 0 Å². The second-order valence-corrected chi connectivity index (χ2v) is 4.92. The standard InChI is InChI=1S/C15H22N2O4/c1-10(17-15(18)13-9-21-7-6-16-13)12-5-4-11(19-2)8-14(12)20-3/h4-5,8,10,13,16H,6-7,9H2,1-3H3,(H,17,18). The molecule has 2 atom stereocenters. The number of morpholine rings is 1. The molecule has 0 bridgehead atoms. The van der Waals surface area contributed by atoms with Crippen LogP contribution in [0.5, 0.6) is 11.5 Å². The summed E-state index contributed by atoms with van der Waals surface area (Å²) in [6, 6.07) is 5.09. The zero-order chi connectivity index (χ0) is 15.2. The molecule has 0 aliphatic carbocycles. The third kappa shape index (κ3) is 3.86. The molecule has 0 aromatic heterocycles. The van der Waals surface area contributed by atoms with E-state index in [1.165, 1.54) is 0 Å². The number of rotatable bonds is 5. The zero-order valence-corrected chi connectivity index (χ0v) is 12.6. The number of carbonyl (C=O) groups is 1. The Bertz CT molecular complexity index is 487. The maximum atomic E-state index is 12.2. The van der Waals surface area contributed by atoms with E-state index in [4.69, 9.17) is 14.2 Å². The number of hydrogen-bond acceptors (Lipinski definition) is 5. The molecule has 1 aliphatic heterocycles. The molecule has 0 saturated carbocycles. The Kier molecular flexibility index (Phi) is 5.41. The van der Waals surface area contributed by atoms with Crippen LogP contribution in [0.3, 0.4) is 0 Å². The number of ether oxygens (including phenoxy) is 3. The first-order valence-corrected chi connectivity index (χ1v) is 6.99. The molecule has 1 fully saturated rings. The molecule has 1 heterocycles. The third-order valence-corrected chi connectivity index (χ3v) is 3.50. The van der Waals surface area contributed by atoms with Gasteiger partial charge in [0.1, 0.15) is 17.5 Å². The average molecular weight is 294 g/mol. The maximum absolute atomic E-state index is 12.2. The predicted octanol–water partition coefficient (Wildman–Crippen LogP) is 0.869. The lowest BCUT2D eigenvalue weighted by Gasteiger charge is -2.25. The summed E-state index contributed by atoms with van der Waals surface area (Å²) in [6.07, 6.45) is 0. The smallest absolute Gasteiger partial charge is 0.240 e. The first kappa shape index (κ1) is 15.6. The van der Waals surface area contributed by atoms with E-state index < -0.39 is 0 Å². The van der Waals surface area contributed by atoms with E-state index in [9.17, 15) is 4.79 Å². The summed E-state index contributed by atoms with van der Waals surface area (Å²) in [6.45, 7) is 3.66. The van der Waals surface area contributed by atoms with Crippen molar-refractivity contribution in [3.63, 3.8) is 0 Å². The number of hydrogen-bond donors (Lipinski definition) is 2. The highest BCUT2D eigenvalue weighted by Gasteiger charge is 2.23. The first-order valence-electron chi connectivity index (χ1n) is 6.99. The Morgan fingerprint density at radius 3 is 2.86 bits per heavy atom. The lowest BCUT2D eigenvalue weighted by atomic mass is 10.1. The number of amides is 1. The van der Waals surface area contributed by atoms with Crippen LogP contribution in [0.15, 0.2) is 18.2 Å². The second-order valence-electron chi connectivity index (χ2n) is 4.92. The van der Waals surface area contributed by atoms with E-state index in [-0.39, 0.29) is 18.0 Å². The Morgan fingerprint density at radius 2 is 2.24 bits per heavy atom. The SMILES string of the molecule is COc1ccc(C(C)NC(=O)C2COCCN2)c(OC)c1. The fraction of sp³-hybridized carbons (Fsp3) is 0.533. The van der Waals surface area contributed by atoms with Gasteiger partial charge in [-0.05, 0) is 19.1 Å². The van der Waals surface area contributed by atoms with Gasteiger partial charge in [-0.25, -0.2) is 0 Å². The van der Waals surface area contributed by atoms with Crippen LogP contribution in [0, 0.1) is 0 Å². The molecule has 2 rings (SSSR count). The molecule has 116 valence electrons. The van der Waals surface area contributed by atoms with Crippen molar-refractivity contribution in [2.45, 2.75) is 19.0 Å². The van der Waals surface area contributed by atoms with Crippen molar-refractivity contribution < 1.29 is 19.0 Å². The highest BCUT2D eigenvalue weighted by Crippen LogP contribution is 2.29. The van der Waals surface area contributed by atoms with Crippen LogP contribution >= 0.6 is 0 Å². The van der Waals surface area contributed by atoms with Crippen LogP contribution in [0.25, 0.3) is 0 Å². The zero-order valence-electron chi connectivity index (χ0n) is 12.6. The van der Waals surface area contributed by atoms with E-state index in [2.05, 4.69) is 10.6 Å². The minimum absolute atomic E-state index is 0.0694. The van der Waals surface area contributed by atoms with E-state index in [1.807, 2.05) is 19.1 Å². The van der Waals surface area contributed by atoms with Crippen molar-refractivity contribution in [2.75, 3.05) is 34.0 Å². The predicted molar refractivity (Wildman–Crippen MR) is 78.7 cm³/mol. The Labute approximate surface area is 124 Å². The summed E-state index contributed by atoms with van der Waals surface area (Å²) in [7, 11) is 3.21. The highest BCUT2D eigenvalue weighted by atomic mass is 16.5. The number of methoxy groups -OCH3 is 2. The van der Waals surface area contributed by atoms with Crippen molar-refractivity contribution >= 4 is 5.91 Å². The van der Waals surface area contributed by atoms with Crippen LogP contribution in [-0.4, -0.2) is 45.9 Å². The van der Waals surface area contributed by atoms with Crippen LogP contribution in [0.2, 0.25) is 0 Å². The lowest BCUT2D eigenvalue weighted by Crippen LogP contribution is -2.51. The summed E-state index contributed by atoms with van der Waals surface area (Å²) in [5, 5.41) is 6.11. The van der Waals surface area contributed by atoms with Gasteiger partial charge in [0.05, 0.1) is 33.5 Å². The van der Waals surface area contributed by atoms with Crippen molar-refractivity contribution in [1.82, 2.24) is 10.6 Å². The van der Waals surface area contributed by atoms with E-state index in [0.29, 0.717) is 25.5 Å². The first-order chi connectivity index (χ1) is 10.2. The monoisotopic (exact) mass is 294 g/mol. The van der Waals surface area contributed by atoms with Gasteiger partial charge in [-0.3, -0.25) is 4.79 Å². The molecule has 6 nitrogen and oxygen atoms in total. The minimum Gasteiger partial charge on any atom is -0.497 e. The maximum Gasteiger partial charge on any atom is 0.240 e. The highest BCUT2D eigenvalue weighted by molar-refractivity contribution is 5.82. The molecule has 2 unspecified atom stereocenters. The summed E-state index contributed by atoms with van der Waals surface area (Å²) in [4.78, 5) is 12.2. The molecule has 0 spiro atoms. The van der Waals surface area contributed by atoms with Crippen LogP contribution in [0.1, 0.15) is 18.5 Å². The van der Waals surface area contributed by atoms with Gasteiger partial charge in [0.2, 0.25) is 5.91 Å². The normalized spacial score (nSPS) is 19.7. The Hall–Kier alpha value is -1.79. The quantitative estimate of drug-likeness (QED) is 0.843. The molecule has 1 aliphatic rings. The second kappa shape index (κ2) is 7.28. The third-order valence-electron chi connectivity index (χ3n) is 3.50. The fourth-order valence-corrected chi connectivity index (χ4v) is 2.30. The molecule has 21 heavy (non-hydrogen) atoms. The number of carbonyl (C=O) groups excluding carboxylic acids is 1. The summed E-state index contributed by atoms with van der Waals surface area (Å²) in [5.74, 6) is 1.34. The number of benzene rings is 1. The van der Waals surface area contributed by atoms with Crippen molar-refractivity contribution in [3.05, 3.63) is 23.8 Å². The molecule has 1 aromatic carbocycles. The van der Waals surface area contributed by atoms with Crippen LogP contribution < -0.4 is 20.1 Å². The average Bonchev–Trinajstić information content (AvgIpc) is 2.54. The fourth-order valence-electron chi connectivity index (χ4n) is 2.30. The van der Waals surface area contributed by atoms with Gasteiger partial charge < -0.3 is 24.8 Å². The van der Waals surface area contributed by atoms with Crippen molar-refractivity contribution in [1.29, 1.82) is 0 Å². The summed E-state index contributed by atoms with van der Waals surface area (Å²) < 4.78 is 15.8. The van der Waals surface area contributed by atoms with Gasteiger partial charge in [-0.1, -0.05) is 0 Å². The topological polar surface area (TPSA) is 68.8 Å². The Morgan fingerprint density at radius 1 is 1.43 bits per heavy atom. The molecule has 1 aromatic rings. The van der Waals surface area contributed by atoms with Gasteiger partial charge in [0, 0.05) is 18.2 Å². The van der Waals surface area contributed by atoms with Crippen LogP contribution in [-0.2, 0) is 9.53 Å². The van der Waals surface area contributed by atoms with Gasteiger partial charge in [-0.15, -0.1) is 0 Å². The number of nitrogens with one attached hydrogen (secondary N) is 2.